The molecule has 2 atom stereocenters. The summed E-state index contributed by atoms with van der Waals surface area (Å²) in [5, 5.41) is 7.07. The summed E-state index contributed by atoms with van der Waals surface area (Å²) in [7, 11) is 0. The van der Waals surface area contributed by atoms with Gasteiger partial charge < -0.3 is 10.6 Å². The van der Waals surface area contributed by atoms with E-state index in [2.05, 4.69) is 17.6 Å². The Hall–Kier alpha value is -1.06. The number of hydrogen-bond acceptors (Lipinski definition) is 2. The molecule has 0 aliphatic carbocycles. The maximum Gasteiger partial charge on any atom is 0.251 e. The van der Waals surface area contributed by atoms with E-state index in [4.69, 9.17) is 11.6 Å². The van der Waals surface area contributed by atoms with Gasteiger partial charge in [-0.05, 0) is 50.9 Å². The molecular weight excluding hydrogens is 248 g/mol. The van der Waals surface area contributed by atoms with Crippen LogP contribution in [0.15, 0.2) is 18.2 Å². The maximum atomic E-state index is 12.2. The monoisotopic (exact) mass is 266 g/mol. The zero-order valence-corrected chi connectivity index (χ0v) is 11.6. The Morgan fingerprint density at radius 2 is 2.28 bits per heavy atom. The lowest BCUT2D eigenvalue weighted by atomic mass is 9.99. The van der Waals surface area contributed by atoms with Crippen LogP contribution in [-0.2, 0) is 0 Å². The SMILES string of the molecule is Cc1ccc(Cl)cc1C(=O)NC1CCNC(C)C1. The molecule has 0 spiro atoms. The molecular formula is C14H19ClN2O. The van der Waals surface area contributed by atoms with Crippen molar-refractivity contribution in [1.29, 1.82) is 0 Å². The molecule has 2 rings (SSSR count). The minimum Gasteiger partial charge on any atom is -0.349 e. The second-order valence-electron chi connectivity index (χ2n) is 5.01. The number of hydrogen-bond donors (Lipinski definition) is 2. The molecule has 1 saturated heterocycles. The number of benzene rings is 1. The van der Waals surface area contributed by atoms with E-state index in [1.165, 1.54) is 0 Å². The predicted octanol–water partition coefficient (Wildman–Crippen LogP) is 2.52. The van der Waals surface area contributed by atoms with Crippen molar-refractivity contribution >= 4 is 17.5 Å². The highest BCUT2D eigenvalue weighted by Gasteiger charge is 2.21. The van der Waals surface area contributed by atoms with Crippen LogP contribution in [0.4, 0.5) is 0 Å². The molecule has 0 aromatic heterocycles. The van der Waals surface area contributed by atoms with Crippen molar-refractivity contribution in [1.82, 2.24) is 10.6 Å². The number of halogens is 1. The number of carbonyl (C=O) groups excluding carboxylic acids is 1. The minimum atomic E-state index is -0.0194. The lowest BCUT2D eigenvalue weighted by Gasteiger charge is -2.28. The van der Waals surface area contributed by atoms with E-state index < -0.39 is 0 Å². The molecule has 1 aromatic rings. The van der Waals surface area contributed by atoms with Crippen LogP contribution in [0, 0.1) is 6.92 Å². The van der Waals surface area contributed by atoms with E-state index in [0.717, 1.165) is 24.9 Å². The lowest BCUT2D eigenvalue weighted by molar-refractivity contribution is 0.0925. The van der Waals surface area contributed by atoms with Crippen molar-refractivity contribution in [3.05, 3.63) is 34.3 Å². The molecule has 4 heteroatoms. The molecule has 1 aliphatic heterocycles. The Labute approximate surface area is 113 Å². The smallest absolute Gasteiger partial charge is 0.251 e. The third-order valence-corrected chi connectivity index (χ3v) is 3.64. The van der Waals surface area contributed by atoms with E-state index in [9.17, 15) is 4.79 Å². The van der Waals surface area contributed by atoms with Gasteiger partial charge in [0.05, 0.1) is 0 Å². The Morgan fingerprint density at radius 1 is 1.50 bits per heavy atom. The quantitative estimate of drug-likeness (QED) is 0.864. The fourth-order valence-electron chi connectivity index (χ4n) is 2.37. The summed E-state index contributed by atoms with van der Waals surface area (Å²) in [6.07, 6.45) is 1.96. The topological polar surface area (TPSA) is 41.1 Å². The standard InChI is InChI=1S/C14H19ClN2O/c1-9-3-4-11(15)8-13(9)14(18)17-12-5-6-16-10(2)7-12/h3-4,8,10,12,16H,5-7H2,1-2H3,(H,17,18). The van der Waals surface area contributed by atoms with Crippen molar-refractivity contribution in [3.8, 4) is 0 Å². The van der Waals surface area contributed by atoms with Crippen LogP contribution >= 0.6 is 11.6 Å². The third-order valence-electron chi connectivity index (χ3n) is 3.40. The van der Waals surface area contributed by atoms with Crippen LogP contribution < -0.4 is 10.6 Å². The Bertz CT molecular complexity index is 447. The number of rotatable bonds is 2. The zero-order valence-electron chi connectivity index (χ0n) is 10.8. The van der Waals surface area contributed by atoms with Crippen LogP contribution in [0.5, 0.6) is 0 Å². The number of carbonyl (C=O) groups is 1. The van der Waals surface area contributed by atoms with Gasteiger partial charge in [0.25, 0.3) is 5.91 Å². The number of piperidine rings is 1. The number of amides is 1. The van der Waals surface area contributed by atoms with E-state index in [1.54, 1.807) is 12.1 Å². The van der Waals surface area contributed by atoms with Gasteiger partial charge >= 0.3 is 0 Å². The van der Waals surface area contributed by atoms with Gasteiger partial charge in [0.15, 0.2) is 0 Å². The van der Waals surface area contributed by atoms with Gasteiger partial charge in [-0.2, -0.15) is 0 Å². The highest BCUT2D eigenvalue weighted by Crippen LogP contribution is 2.16. The number of nitrogens with one attached hydrogen (secondary N) is 2. The van der Waals surface area contributed by atoms with E-state index in [1.807, 2.05) is 13.0 Å². The Kier molecular flexibility index (Phi) is 4.25. The molecule has 18 heavy (non-hydrogen) atoms. The molecule has 0 saturated carbocycles. The molecule has 0 bridgehead atoms. The lowest BCUT2D eigenvalue weighted by Crippen LogP contribution is -2.46. The molecule has 1 amide bonds. The van der Waals surface area contributed by atoms with Crippen LogP contribution in [0.2, 0.25) is 5.02 Å². The van der Waals surface area contributed by atoms with Crippen molar-refractivity contribution < 1.29 is 4.79 Å². The highest BCUT2D eigenvalue weighted by molar-refractivity contribution is 6.31. The van der Waals surface area contributed by atoms with Gasteiger partial charge in [0.1, 0.15) is 0 Å². The van der Waals surface area contributed by atoms with Gasteiger partial charge in [-0.3, -0.25) is 4.79 Å². The van der Waals surface area contributed by atoms with E-state index in [-0.39, 0.29) is 11.9 Å². The molecule has 1 aromatic carbocycles. The van der Waals surface area contributed by atoms with Gasteiger partial charge in [-0.15, -0.1) is 0 Å². The van der Waals surface area contributed by atoms with Crippen molar-refractivity contribution in [3.63, 3.8) is 0 Å². The van der Waals surface area contributed by atoms with Crippen LogP contribution in [-0.4, -0.2) is 24.5 Å². The molecule has 0 radical (unpaired) electrons. The molecule has 98 valence electrons. The molecule has 2 N–H and O–H groups in total. The Balaban J connectivity index is 2.05. The van der Waals surface area contributed by atoms with Crippen LogP contribution in [0.1, 0.15) is 35.7 Å². The maximum absolute atomic E-state index is 12.2. The summed E-state index contributed by atoms with van der Waals surface area (Å²) in [4.78, 5) is 12.2. The Morgan fingerprint density at radius 3 is 3.00 bits per heavy atom. The van der Waals surface area contributed by atoms with E-state index in [0.29, 0.717) is 16.6 Å². The van der Waals surface area contributed by atoms with Gasteiger partial charge in [-0.25, -0.2) is 0 Å². The molecule has 1 aliphatic rings. The normalized spacial score (nSPS) is 23.7. The van der Waals surface area contributed by atoms with Crippen LogP contribution in [0.3, 0.4) is 0 Å². The molecule has 1 fully saturated rings. The van der Waals surface area contributed by atoms with Gasteiger partial charge in [-0.1, -0.05) is 17.7 Å². The predicted molar refractivity (Wildman–Crippen MR) is 74.1 cm³/mol. The fourth-order valence-corrected chi connectivity index (χ4v) is 2.54. The van der Waals surface area contributed by atoms with Gasteiger partial charge in [0, 0.05) is 22.7 Å². The zero-order chi connectivity index (χ0) is 13.1. The average molecular weight is 267 g/mol. The second kappa shape index (κ2) is 5.72. The molecule has 3 nitrogen and oxygen atoms in total. The summed E-state index contributed by atoms with van der Waals surface area (Å²) >= 11 is 5.94. The van der Waals surface area contributed by atoms with Crippen molar-refractivity contribution in [2.75, 3.05) is 6.54 Å². The molecule has 2 unspecified atom stereocenters. The first-order valence-corrected chi connectivity index (χ1v) is 6.74. The fraction of sp³-hybridized carbons (Fsp3) is 0.500. The van der Waals surface area contributed by atoms with Crippen molar-refractivity contribution in [2.45, 2.75) is 38.8 Å². The largest absolute Gasteiger partial charge is 0.349 e. The summed E-state index contributed by atoms with van der Waals surface area (Å²) in [5.41, 5.74) is 1.63. The minimum absolute atomic E-state index is 0.0194. The van der Waals surface area contributed by atoms with E-state index >= 15 is 0 Å². The summed E-state index contributed by atoms with van der Waals surface area (Å²) < 4.78 is 0. The van der Waals surface area contributed by atoms with Crippen molar-refractivity contribution in [2.24, 2.45) is 0 Å². The van der Waals surface area contributed by atoms with Crippen LogP contribution in [0.25, 0.3) is 0 Å². The average Bonchev–Trinajstić information content (AvgIpc) is 2.32. The van der Waals surface area contributed by atoms with Gasteiger partial charge in [0.2, 0.25) is 0 Å². The second-order valence-corrected chi connectivity index (χ2v) is 5.45. The summed E-state index contributed by atoms with van der Waals surface area (Å²) in [6.45, 7) is 5.03. The summed E-state index contributed by atoms with van der Waals surface area (Å²) in [6, 6.07) is 6.14. The number of aryl methyl sites for hydroxylation is 1. The first-order chi connectivity index (χ1) is 8.56. The highest BCUT2D eigenvalue weighted by atomic mass is 35.5. The first kappa shape index (κ1) is 13.4. The first-order valence-electron chi connectivity index (χ1n) is 6.36. The summed E-state index contributed by atoms with van der Waals surface area (Å²) in [5.74, 6) is -0.0194. The molecule has 1 heterocycles. The third kappa shape index (κ3) is 3.24.